The van der Waals surface area contributed by atoms with E-state index >= 15 is 0 Å². The monoisotopic (exact) mass is 411 g/mol. The molecule has 0 radical (unpaired) electrons. The Hall–Kier alpha value is -3.72. The molecule has 0 fully saturated rings. The first-order chi connectivity index (χ1) is 14.7. The summed E-state index contributed by atoms with van der Waals surface area (Å²) in [5.74, 6) is 0. The largest absolute Gasteiger partial charge is 0.330 e. The molecule has 3 aromatic heterocycles. The fraction of sp³-hybridized carbons (Fsp3) is 0.280. The Morgan fingerprint density at radius 3 is 2.52 bits per heavy atom. The molecule has 0 aliphatic heterocycles. The lowest BCUT2D eigenvalue weighted by Crippen LogP contribution is -2.27. The predicted octanol–water partition coefficient (Wildman–Crippen LogP) is 4.69. The lowest BCUT2D eigenvalue weighted by molar-refractivity contribution is 0.342. The highest BCUT2D eigenvalue weighted by Crippen LogP contribution is 2.30. The van der Waals surface area contributed by atoms with Crippen molar-refractivity contribution in [2.75, 3.05) is 0 Å². The van der Waals surface area contributed by atoms with Crippen LogP contribution in [-0.4, -0.2) is 19.1 Å². The number of rotatable bonds is 3. The van der Waals surface area contributed by atoms with Crippen LogP contribution < -0.4 is 5.69 Å². The molecular weight excluding hydrogens is 386 g/mol. The molecule has 0 spiro atoms. The number of aromatic nitrogens is 4. The minimum atomic E-state index is -0.0548. The molecule has 6 nitrogen and oxygen atoms in total. The fourth-order valence-electron chi connectivity index (χ4n) is 3.80. The van der Waals surface area contributed by atoms with Crippen LogP contribution >= 0.6 is 0 Å². The van der Waals surface area contributed by atoms with Crippen molar-refractivity contribution in [3.05, 3.63) is 70.4 Å². The van der Waals surface area contributed by atoms with Gasteiger partial charge >= 0.3 is 5.69 Å². The summed E-state index contributed by atoms with van der Waals surface area (Å²) in [6.07, 6.45) is 1.64. The van der Waals surface area contributed by atoms with E-state index in [4.69, 9.17) is 10.2 Å². The van der Waals surface area contributed by atoms with E-state index in [1.165, 1.54) is 0 Å². The molecule has 3 heterocycles. The highest BCUT2D eigenvalue weighted by Gasteiger charge is 2.19. The van der Waals surface area contributed by atoms with Crippen LogP contribution in [0.15, 0.2) is 53.5 Å². The van der Waals surface area contributed by atoms with Crippen molar-refractivity contribution in [2.45, 2.75) is 34.2 Å². The predicted molar refractivity (Wildman–Crippen MR) is 123 cm³/mol. The van der Waals surface area contributed by atoms with Crippen LogP contribution in [0.4, 0.5) is 0 Å². The molecule has 0 atom stereocenters. The first-order valence-corrected chi connectivity index (χ1v) is 10.2. The molecule has 0 bridgehead atoms. The molecule has 0 unspecified atom stereocenters. The summed E-state index contributed by atoms with van der Waals surface area (Å²) in [4.78, 5) is 21.8. The topological polar surface area (TPSA) is 76.5 Å². The highest BCUT2D eigenvalue weighted by atomic mass is 16.1. The van der Waals surface area contributed by atoms with Gasteiger partial charge < -0.3 is 0 Å². The smallest absolute Gasteiger partial charge is 0.290 e. The van der Waals surface area contributed by atoms with Crippen LogP contribution in [0.1, 0.15) is 32.0 Å². The van der Waals surface area contributed by atoms with E-state index in [2.05, 4.69) is 37.9 Å². The van der Waals surface area contributed by atoms with Crippen LogP contribution in [0.3, 0.4) is 0 Å². The Labute approximate surface area is 181 Å². The van der Waals surface area contributed by atoms with Crippen molar-refractivity contribution in [3.63, 3.8) is 0 Å². The summed E-state index contributed by atoms with van der Waals surface area (Å²) in [6.45, 7) is 9.02. The maximum Gasteiger partial charge on any atom is 0.330 e. The van der Waals surface area contributed by atoms with E-state index in [-0.39, 0.29) is 11.1 Å². The van der Waals surface area contributed by atoms with Crippen molar-refractivity contribution >= 4 is 11.2 Å². The molecule has 6 heteroatoms. The summed E-state index contributed by atoms with van der Waals surface area (Å²) < 4.78 is 3.42. The average Bonchev–Trinajstić information content (AvgIpc) is 2.97. The zero-order valence-electron chi connectivity index (χ0n) is 18.5. The minimum absolute atomic E-state index is 0.0193. The lowest BCUT2D eigenvalue weighted by Gasteiger charge is -2.18. The van der Waals surface area contributed by atoms with Crippen molar-refractivity contribution in [3.8, 4) is 28.5 Å². The zero-order valence-corrected chi connectivity index (χ0v) is 18.5. The first kappa shape index (κ1) is 20.5. The van der Waals surface area contributed by atoms with E-state index in [0.717, 1.165) is 33.5 Å². The third kappa shape index (κ3) is 3.87. The lowest BCUT2D eigenvalue weighted by atomic mass is 9.97. The summed E-state index contributed by atoms with van der Waals surface area (Å²) in [5.41, 5.74) is 6.63. The van der Waals surface area contributed by atoms with Gasteiger partial charge in [0.2, 0.25) is 0 Å². The van der Waals surface area contributed by atoms with Gasteiger partial charge in [0, 0.05) is 25.4 Å². The zero-order chi connectivity index (χ0) is 22.3. The number of aryl methyl sites for hydroxylation is 2. The minimum Gasteiger partial charge on any atom is -0.290 e. The van der Waals surface area contributed by atoms with Gasteiger partial charge in [0.1, 0.15) is 11.8 Å². The summed E-state index contributed by atoms with van der Waals surface area (Å²) in [6, 6.07) is 15.9. The van der Waals surface area contributed by atoms with E-state index in [0.29, 0.717) is 17.9 Å². The summed E-state index contributed by atoms with van der Waals surface area (Å²) >= 11 is 0. The van der Waals surface area contributed by atoms with E-state index < -0.39 is 0 Å². The van der Waals surface area contributed by atoms with E-state index in [9.17, 15) is 4.79 Å². The number of benzene rings is 1. The third-order valence-corrected chi connectivity index (χ3v) is 5.33. The number of pyridine rings is 2. The van der Waals surface area contributed by atoms with Crippen molar-refractivity contribution in [1.29, 1.82) is 5.26 Å². The van der Waals surface area contributed by atoms with Crippen LogP contribution in [0.25, 0.3) is 33.5 Å². The highest BCUT2D eigenvalue weighted by molar-refractivity contribution is 5.79. The number of hydrogen-bond donors (Lipinski definition) is 0. The SMILES string of the molecule is Cc1ccc(-c2ccnc(C#N)c2)cc1-c1ccc2c(n1)n(C)c(=O)n2CC(C)(C)C. The quantitative estimate of drug-likeness (QED) is 0.490. The van der Waals surface area contributed by atoms with Crippen molar-refractivity contribution in [1.82, 2.24) is 19.1 Å². The molecule has 4 rings (SSSR count). The summed E-state index contributed by atoms with van der Waals surface area (Å²) in [7, 11) is 1.77. The van der Waals surface area contributed by atoms with Crippen LogP contribution in [0.5, 0.6) is 0 Å². The second-order valence-corrected chi connectivity index (χ2v) is 9.10. The molecule has 31 heavy (non-hydrogen) atoms. The van der Waals surface area contributed by atoms with Crippen LogP contribution in [-0.2, 0) is 13.6 Å². The fourth-order valence-corrected chi connectivity index (χ4v) is 3.80. The van der Waals surface area contributed by atoms with Gasteiger partial charge in [-0.05, 0) is 59.4 Å². The van der Waals surface area contributed by atoms with Gasteiger partial charge in [-0.1, -0.05) is 32.9 Å². The third-order valence-electron chi connectivity index (χ3n) is 5.33. The maximum absolute atomic E-state index is 12.8. The van der Waals surface area contributed by atoms with Gasteiger partial charge in [-0.15, -0.1) is 0 Å². The molecule has 0 aliphatic carbocycles. The van der Waals surface area contributed by atoms with Crippen LogP contribution in [0.2, 0.25) is 0 Å². The Morgan fingerprint density at radius 2 is 1.81 bits per heavy atom. The number of fused-ring (bicyclic) bond motifs is 1. The van der Waals surface area contributed by atoms with Crippen LogP contribution in [0, 0.1) is 23.7 Å². The number of nitrogens with zero attached hydrogens (tertiary/aromatic N) is 5. The Morgan fingerprint density at radius 1 is 1.06 bits per heavy atom. The van der Waals surface area contributed by atoms with E-state index in [1.807, 2.05) is 37.3 Å². The van der Waals surface area contributed by atoms with Gasteiger partial charge in [-0.25, -0.2) is 14.8 Å². The number of imidazole rings is 1. The second-order valence-electron chi connectivity index (χ2n) is 9.10. The number of nitriles is 1. The average molecular weight is 412 g/mol. The molecule has 0 saturated heterocycles. The van der Waals surface area contributed by atoms with Gasteiger partial charge in [0.25, 0.3) is 0 Å². The molecule has 156 valence electrons. The van der Waals surface area contributed by atoms with Crippen molar-refractivity contribution < 1.29 is 0 Å². The molecule has 0 saturated carbocycles. The van der Waals surface area contributed by atoms with Gasteiger partial charge in [0.15, 0.2) is 5.65 Å². The van der Waals surface area contributed by atoms with Gasteiger partial charge in [0.05, 0.1) is 11.2 Å². The first-order valence-electron chi connectivity index (χ1n) is 10.2. The second kappa shape index (κ2) is 7.51. The maximum atomic E-state index is 12.8. The Kier molecular flexibility index (Phi) is 4.98. The molecular formula is C25H25N5O. The van der Waals surface area contributed by atoms with Gasteiger partial charge in [-0.2, -0.15) is 5.26 Å². The molecule has 0 amide bonds. The Balaban J connectivity index is 1.85. The van der Waals surface area contributed by atoms with Gasteiger partial charge in [-0.3, -0.25) is 9.13 Å². The summed E-state index contributed by atoms with van der Waals surface area (Å²) in [5, 5.41) is 9.15. The normalized spacial score (nSPS) is 11.6. The van der Waals surface area contributed by atoms with Crippen molar-refractivity contribution in [2.24, 2.45) is 12.5 Å². The molecule has 4 aromatic rings. The standard InChI is InChI=1S/C25H25N5O/c1-16-6-7-17(18-10-11-27-19(12-18)14-26)13-20(16)21-8-9-22-23(28-21)29(5)24(31)30(22)15-25(2,3)4/h6-13H,15H2,1-5H3. The molecule has 1 aromatic carbocycles. The Bertz CT molecular complexity index is 1400. The molecule has 0 N–H and O–H groups in total. The van der Waals surface area contributed by atoms with E-state index in [1.54, 1.807) is 28.4 Å². The number of hydrogen-bond acceptors (Lipinski definition) is 4. The molecule has 0 aliphatic rings.